The first kappa shape index (κ1) is 21.5. The number of aryl methyl sites for hydroxylation is 3. The summed E-state index contributed by atoms with van der Waals surface area (Å²) in [5.41, 5.74) is 3.20. The average Bonchev–Trinajstić information content (AvgIpc) is 3.29. The van der Waals surface area contributed by atoms with Crippen LogP contribution in [0.5, 0.6) is 0 Å². The van der Waals surface area contributed by atoms with E-state index in [0.29, 0.717) is 57.1 Å². The normalized spacial score (nSPS) is 16.7. The predicted molar refractivity (Wildman–Crippen MR) is 104 cm³/mol. The van der Waals surface area contributed by atoms with Gasteiger partial charge in [-0.15, -0.1) is 0 Å². The first-order chi connectivity index (χ1) is 14.1. The molecule has 29 heavy (non-hydrogen) atoms. The van der Waals surface area contributed by atoms with Crippen molar-refractivity contribution < 1.29 is 23.9 Å². The SMILES string of the molecule is CCc1nn(CCCOC(O)c2oncc2C)c2c1C(=O)NCCCOCCC2. The average molecular weight is 406 g/mol. The fourth-order valence-electron chi connectivity index (χ4n) is 3.43. The molecule has 1 atom stereocenters. The molecule has 0 bridgehead atoms. The molecule has 3 heterocycles. The van der Waals surface area contributed by atoms with Crippen molar-refractivity contribution in [3.05, 3.63) is 34.5 Å². The van der Waals surface area contributed by atoms with E-state index < -0.39 is 6.29 Å². The summed E-state index contributed by atoms with van der Waals surface area (Å²) in [7, 11) is 0. The van der Waals surface area contributed by atoms with Gasteiger partial charge in [0.1, 0.15) is 0 Å². The van der Waals surface area contributed by atoms with E-state index in [-0.39, 0.29) is 5.91 Å². The summed E-state index contributed by atoms with van der Waals surface area (Å²) in [5, 5.41) is 21.4. The van der Waals surface area contributed by atoms with Gasteiger partial charge in [-0.3, -0.25) is 9.48 Å². The third kappa shape index (κ3) is 5.43. The van der Waals surface area contributed by atoms with Crippen molar-refractivity contribution in [3.8, 4) is 0 Å². The number of amides is 1. The van der Waals surface area contributed by atoms with Gasteiger partial charge in [0, 0.05) is 31.9 Å². The molecule has 1 amide bonds. The Kier molecular flexibility index (Phi) is 7.79. The zero-order valence-corrected chi connectivity index (χ0v) is 17.1. The molecule has 0 aromatic carbocycles. The van der Waals surface area contributed by atoms with E-state index in [1.165, 1.54) is 6.20 Å². The van der Waals surface area contributed by atoms with Crippen molar-refractivity contribution in [1.29, 1.82) is 0 Å². The molecule has 0 saturated carbocycles. The lowest BCUT2D eigenvalue weighted by molar-refractivity contribution is -0.118. The minimum Gasteiger partial charge on any atom is -0.381 e. The third-order valence-corrected chi connectivity index (χ3v) is 4.95. The molecule has 0 saturated heterocycles. The molecule has 1 aliphatic rings. The van der Waals surface area contributed by atoms with Crippen LogP contribution < -0.4 is 5.32 Å². The molecule has 0 aliphatic carbocycles. The molecule has 2 aromatic heterocycles. The summed E-state index contributed by atoms with van der Waals surface area (Å²) in [6.07, 6.45) is 4.11. The Hall–Kier alpha value is -2.23. The van der Waals surface area contributed by atoms with Crippen LogP contribution in [0.4, 0.5) is 0 Å². The maximum Gasteiger partial charge on any atom is 0.255 e. The van der Waals surface area contributed by atoms with E-state index in [4.69, 9.17) is 14.0 Å². The van der Waals surface area contributed by atoms with Gasteiger partial charge >= 0.3 is 0 Å². The summed E-state index contributed by atoms with van der Waals surface area (Å²) in [6, 6.07) is 0. The molecule has 9 heteroatoms. The van der Waals surface area contributed by atoms with Gasteiger partial charge in [0.25, 0.3) is 5.91 Å². The fourth-order valence-corrected chi connectivity index (χ4v) is 3.43. The van der Waals surface area contributed by atoms with Crippen LogP contribution in [0.25, 0.3) is 0 Å². The Labute approximate surface area is 170 Å². The quantitative estimate of drug-likeness (QED) is 0.534. The second kappa shape index (κ2) is 10.5. The minimum absolute atomic E-state index is 0.0579. The smallest absolute Gasteiger partial charge is 0.255 e. The highest BCUT2D eigenvalue weighted by molar-refractivity contribution is 5.96. The molecule has 1 unspecified atom stereocenters. The topological polar surface area (TPSA) is 112 Å². The van der Waals surface area contributed by atoms with Gasteiger partial charge in [0.2, 0.25) is 6.29 Å². The summed E-state index contributed by atoms with van der Waals surface area (Å²) in [5.74, 6) is 0.264. The van der Waals surface area contributed by atoms with Crippen molar-refractivity contribution in [3.63, 3.8) is 0 Å². The number of aliphatic hydroxyl groups excluding tert-OH is 1. The number of hydrogen-bond acceptors (Lipinski definition) is 7. The maximum absolute atomic E-state index is 12.7. The Morgan fingerprint density at radius 1 is 1.38 bits per heavy atom. The van der Waals surface area contributed by atoms with E-state index in [1.807, 2.05) is 11.6 Å². The Morgan fingerprint density at radius 2 is 2.21 bits per heavy atom. The predicted octanol–water partition coefficient (Wildman–Crippen LogP) is 1.92. The highest BCUT2D eigenvalue weighted by Crippen LogP contribution is 2.20. The molecule has 2 aromatic rings. The van der Waals surface area contributed by atoms with Crippen LogP contribution in [-0.4, -0.2) is 52.3 Å². The van der Waals surface area contributed by atoms with Crippen LogP contribution in [0.1, 0.15) is 65.5 Å². The maximum atomic E-state index is 12.7. The number of nitrogens with zero attached hydrogens (tertiary/aromatic N) is 3. The number of nitrogens with one attached hydrogen (secondary N) is 1. The number of carbonyl (C=O) groups excluding carboxylic acids is 1. The number of fused-ring (bicyclic) bond motifs is 1. The number of ether oxygens (including phenoxy) is 2. The summed E-state index contributed by atoms with van der Waals surface area (Å²) >= 11 is 0. The van der Waals surface area contributed by atoms with Crippen molar-refractivity contribution in [2.24, 2.45) is 0 Å². The molecule has 2 N–H and O–H groups in total. The monoisotopic (exact) mass is 406 g/mol. The highest BCUT2D eigenvalue weighted by atomic mass is 16.6. The molecule has 3 rings (SSSR count). The van der Waals surface area contributed by atoms with Gasteiger partial charge in [-0.25, -0.2) is 0 Å². The Morgan fingerprint density at radius 3 is 2.97 bits per heavy atom. The highest BCUT2D eigenvalue weighted by Gasteiger charge is 2.23. The van der Waals surface area contributed by atoms with Crippen molar-refractivity contribution in [2.75, 3.05) is 26.4 Å². The molecular weight excluding hydrogens is 376 g/mol. The zero-order chi connectivity index (χ0) is 20.6. The number of aliphatic hydroxyl groups is 1. The number of aromatic nitrogens is 3. The summed E-state index contributed by atoms with van der Waals surface area (Å²) in [4.78, 5) is 12.7. The first-order valence-electron chi connectivity index (χ1n) is 10.3. The van der Waals surface area contributed by atoms with Crippen LogP contribution in [0, 0.1) is 6.92 Å². The van der Waals surface area contributed by atoms with Crippen LogP contribution in [0.2, 0.25) is 0 Å². The molecular formula is C20H30N4O5. The van der Waals surface area contributed by atoms with Gasteiger partial charge in [0.05, 0.1) is 29.8 Å². The standard InChI is InChI=1S/C20H30N4O5/c1-3-15-17-16(7-4-10-27-11-5-8-21-19(17)25)24(23-15)9-6-12-28-20(26)18-14(2)13-22-29-18/h13,20,26H,3-12H2,1-2H3,(H,21,25). The minimum atomic E-state index is -1.14. The first-order valence-corrected chi connectivity index (χ1v) is 10.3. The molecule has 160 valence electrons. The second-order valence-electron chi connectivity index (χ2n) is 7.12. The van der Waals surface area contributed by atoms with E-state index in [2.05, 4.69) is 15.6 Å². The summed E-state index contributed by atoms with van der Waals surface area (Å²) in [6.45, 7) is 6.66. The van der Waals surface area contributed by atoms with Crippen LogP contribution in [0.3, 0.4) is 0 Å². The second-order valence-corrected chi connectivity index (χ2v) is 7.12. The molecule has 1 aliphatic heterocycles. The van der Waals surface area contributed by atoms with Crippen LogP contribution in [0.15, 0.2) is 10.7 Å². The lowest BCUT2D eigenvalue weighted by atomic mass is 10.1. The lowest BCUT2D eigenvalue weighted by Gasteiger charge is -2.12. The van der Waals surface area contributed by atoms with Gasteiger partial charge < -0.3 is 24.4 Å². The third-order valence-electron chi connectivity index (χ3n) is 4.95. The van der Waals surface area contributed by atoms with Crippen molar-refractivity contribution in [1.82, 2.24) is 20.3 Å². The molecule has 0 radical (unpaired) electrons. The van der Waals surface area contributed by atoms with Gasteiger partial charge in [-0.1, -0.05) is 12.1 Å². The fraction of sp³-hybridized carbons (Fsp3) is 0.650. The largest absolute Gasteiger partial charge is 0.381 e. The molecule has 0 spiro atoms. The zero-order valence-electron chi connectivity index (χ0n) is 17.1. The van der Waals surface area contributed by atoms with Gasteiger partial charge in [0.15, 0.2) is 5.76 Å². The number of rotatable bonds is 7. The van der Waals surface area contributed by atoms with Crippen LogP contribution >= 0.6 is 0 Å². The number of hydrogen-bond donors (Lipinski definition) is 2. The molecule has 0 fully saturated rings. The van der Waals surface area contributed by atoms with E-state index in [9.17, 15) is 9.90 Å². The van der Waals surface area contributed by atoms with E-state index in [0.717, 1.165) is 36.2 Å². The van der Waals surface area contributed by atoms with Crippen molar-refractivity contribution >= 4 is 5.91 Å². The lowest BCUT2D eigenvalue weighted by Crippen LogP contribution is -2.26. The molecule has 9 nitrogen and oxygen atoms in total. The van der Waals surface area contributed by atoms with Gasteiger partial charge in [-0.05, 0) is 39.0 Å². The van der Waals surface area contributed by atoms with Crippen LogP contribution in [-0.2, 0) is 28.9 Å². The number of carbonyl (C=O) groups is 1. The Bertz CT molecular complexity index is 801. The van der Waals surface area contributed by atoms with E-state index in [1.54, 1.807) is 6.92 Å². The van der Waals surface area contributed by atoms with E-state index >= 15 is 0 Å². The Balaban J connectivity index is 1.65. The summed E-state index contributed by atoms with van der Waals surface area (Å²) < 4.78 is 18.0. The van der Waals surface area contributed by atoms with Gasteiger partial charge in [-0.2, -0.15) is 5.10 Å². The van der Waals surface area contributed by atoms with Crippen molar-refractivity contribution in [2.45, 2.75) is 58.8 Å².